The molecule has 0 saturated carbocycles. The molecule has 2 heteroatoms. The molecule has 0 fully saturated rings. The first kappa shape index (κ1) is 12.8. The van der Waals surface area contributed by atoms with Crippen LogP contribution in [0.2, 0.25) is 0 Å². The van der Waals surface area contributed by atoms with Crippen LogP contribution >= 0.6 is 0 Å². The Morgan fingerprint density at radius 1 is 0.800 bits per heavy atom. The number of fused-ring (bicyclic) bond motifs is 1. The predicted molar refractivity (Wildman–Crippen MR) is 83.7 cm³/mol. The summed E-state index contributed by atoms with van der Waals surface area (Å²) in [7, 11) is 0. The van der Waals surface area contributed by atoms with E-state index >= 15 is 0 Å². The van der Waals surface area contributed by atoms with Crippen molar-refractivity contribution in [2.75, 3.05) is 0 Å². The molecular formula is C18H18N2. The van der Waals surface area contributed by atoms with E-state index in [1.165, 1.54) is 10.8 Å². The first-order chi connectivity index (χ1) is 9.54. The van der Waals surface area contributed by atoms with Crippen molar-refractivity contribution in [3.63, 3.8) is 0 Å². The van der Waals surface area contributed by atoms with E-state index in [9.17, 15) is 0 Å². The third-order valence-electron chi connectivity index (χ3n) is 3.48. The van der Waals surface area contributed by atoms with Crippen molar-refractivity contribution in [2.45, 2.75) is 26.2 Å². The third kappa shape index (κ3) is 2.42. The van der Waals surface area contributed by atoms with E-state index in [4.69, 9.17) is 0 Å². The van der Waals surface area contributed by atoms with E-state index in [-0.39, 0.29) is 5.41 Å². The Morgan fingerprint density at radius 2 is 1.55 bits per heavy atom. The number of benzene rings is 2. The molecule has 0 atom stereocenters. The van der Waals surface area contributed by atoms with Crippen molar-refractivity contribution < 1.29 is 0 Å². The summed E-state index contributed by atoms with van der Waals surface area (Å²) in [4.78, 5) is 8.81. The Kier molecular flexibility index (Phi) is 3.01. The third-order valence-corrected chi connectivity index (χ3v) is 3.48. The summed E-state index contributed by atoms with van der Waals surface area (Å²) in [6.07, 6.45) is 1.66. The van der Waals surface area contributed by atoms with Gasteiger partial charge in [0.15, 0.2) is 0 Å². The maximum absolute atomic E-state index is 4.42. The SMILES string of the molecule is CC(C)(C)c1cc(-c2ccc3ccccc3c2)ncn1. The fourth-order valence-corrected chi connectivity index (χ4v) is 2.27. The van der Waals surface area contributed by atoms with Gasteiger partial charge in [-0.05, 0) is 22.9 Å². The molecule has 0 bridgehead atoms. The van der Waals surface area contributed by atoms with E-state index in [1.807, 2.05) is 0 Å². The zero-order valence-corrected chi connectivity index (χ0v) is 12.1. The molecule has 2 aromatic carbocycles. The van der Waals surface area contributed by atoms with Crippen LogP contribution in [0.15, 0.2) is 54.9 Å². The molecule has 0 spiro atoms. The van der Waals surface area contributed by atoms with Gasteiger partial charge in [0.25, 0.3) is 0 Å². The summed E-state index contributed by atoms with van der Waals surface area (Å²) in [6.45, 7) is 6.50. The summed E-state index contributed by atoms with van der Waals surface area (Å²) < 4.78 is 0. The van der Waals surface area contributed by atoms with Crippen LogP contribution in [0.25, 0.3) is 22.0 Å². The molecule has 20 heavy (non-hydrogen) atoms. The second-order valence-corrected chi connectivity index (χ2v) is 6.10. The van der Waals surface area contributed by atoms with Gasteiger partial charge in [-0.25, -0.2) is 9.97 Å². The maximum atomic E-state index is 4.42. The van der Waals surface area contributed by atoms with Crippen molar-refractivity contribution in [3.8, 4) is 11.3 Å². The lowest BCUT2D eigenvalue weighted by Crippen LogP contribution is -2.13. The highest BCUT2D eigenvalue weighted by Gasteiger charge is 2.16. The number of hydrogen-bond donors (Lipinski definition) is 0. The molecule has 2 nitrogen and oxygen atoms in total. The van der Waals surface area contributed by atoms with Crippen molar-refractivity contribution in [1.82, 2.24) is 9.97 Å². The van der Waals surface area contributed by atoms with Gasteiger partial charge in [0.05, 0.1) is 5.69 Å². The van der Waals surface area contributed by atoms with Crippen LogP contribution in [-0.4, -0.2) is 9.97 Å². The number of rotatable bonds is 1. The summed E-state index contributed by atoms with van der Waals surface area (Å²) in [5.41, 5.74) is 3.22. The molecule has 1 aromatic heterocycles. The first-order valence-corrected chi connectivity index (χ1v) is 6.86. The number of aromatic nitrogens is 2. The highest BCUT2D eigenvalue weighted by atomic mass is 14.8. The van der Waals surface area contributed by atoms with Crippen LogP contribution in [0, 0.1) is 0 Å². The lowest BCUT2D eigenvalue weighted by molar-refractivity contribution is 0.567. The predicted octanol–water partition coefficient (Wildman–Crippen LogP) is 4.59. The standard InChI is InChI=1S/C18H18N2/c1-18(2,3)17-11-16(19-12-20-17)15-9-8-13-6-4-5-7-14(13)10-15/h4-12H,1-3H3. The molecule has 0 aliphatic carbocycles. The molecule has 1 heterocycles. The Bertz CT molecular complexity index is 754. The van der Waals surface area contributed by atoms with Gasteiger partial charge >= 0.3 is 0 Å². The molecule has 0 saturated heterocycles. The van der Waals surface area contributed by atoms with Crippen molar-refractivity contribution in [1.29, 1.82) is 0 Å². The average Bonchev–Trinajstić information content (AvgIpc) is 2.46. The topological polar surface area (TPSA) is 25.8 Å². The summed E-state index contributed by atoms with van der Waals surface area (Å²) >= 11 is 0. The van der Waals surface area contributed by atoms with E-state index < -0.39 is 0 Å². The van der Waals surface area contributed by atoms with Crippen LogP contribution in [-0.2, 0) is 5.41 Å². The molecule has 0 radical (unpaired) electrons. The Hall–Kier alpha value is -2.22. The summed E-state index contributed by atoms with van der Waals surface area (Å²) in [6, 6.07) is 16.9. The number of nitrogens with zero attached hydrogens (tertiary/aromatic N) is 2. The van der Waals surface area contributed by atoms with Gasteiger partial charge in [-0.3, -0.25) is 0 Å². The number of hydrogen-bond acceptors (Lipinski definition) is 2. The van der Waals surface area contributed by atoms with Gasteiger partial charge in [0.1, 0.15) is 6.33 Å². The van der Waals surface area contributed by atoms with Crippen LogP contribution in [0.1, 0.15) is 26.5 Å². The Labute approximate surface area is 119 Å². The second kappa shape index (κ2) is 4.71. The normalized spacial score (nSPS) is 11.8. The highest BCUT2D eigenvalue weighted by molar-refractivity contribution is 5.86. The zero-order valence-electron chi connectivity index (χ0n) is 12.1. The zero-order chi connectivity index (χ0) is 14.2. The van der Waals surface area contributed by atoms with Crippen LogP contribution in [0.5, 0.6) is 0 Å². The van der Waals surface area contributed by atoms with Gasteiger partial charge in [0, 0.05) is 16.7 Å². The van der Waals surface area contributed by atoms with Crippen LogP contribution < -0.4 is 0 Å². The monoisotopic (exact) mass is 262 g/mol. The highest BCUT2D eigenvalue weighted by Crippen LogP contribution is 2.26. The molecule has 3 rings (SSSR count). The molecule has 0 aliphatic heterocycles. The molecule has 0 unspecified atom stereocenters. The van der Waals surface area contributed by atoms with Gasteiger partial charge in [-0.2, -0.15) is 0 Å². The van der Waals surface area contributed by atoms with Gasteiger partial charge in [-0.1, -0.05) is 57.2 Å². The van der Waals surface area contributed by atoms with Crippen LogP contribution in [0.4, 0.5) is 0 Å². The Balaban J connectivity index is 2.11. The fraction of sp³-hybridized carbons (Fsp3) is 0.222. The van der Waals surface area contributed by atoms with Gasteiger partial charge in [0.2, 0.25) is 0 Å². The van der Waals surface area contributed by atoms with Crippen molar-refractivity contribution in [3.05, 3.63) is 60.6 Å². The largest absolute Gasteiger partial charge is 0.241 e. The lowest BCUT2D eigenvalue weighted by Gasteiger charge is -2.17. The van der Waals surface area contributed by atoms with E-state index in [0.29, 0.717) is 0 Å². The van der Waals surface area contributed by atoms with Crippen molar-refractivity contribution in [2.24, 2.45) is 0 Å². The van der Waals surface area contributed by atoms with E-state index in [0.717, 1.165) is 17.0 Å². The van der Waals surface area contributed by atoms with E-state index in [1.54, 1.807) is 6.33 Å². The Morgan fingerprint density at radius 3 is 2.30 bits per heavy atom. The van der Waals surface area contributed by atoms with Gasteiger partial charge in [-0.15, -0.1) is 0 Å². The van der Waals surface area contributed by atoms with E-state index in [2.05, 4.69) is 79.3 Å². The lowest BCUT2D eigenvalue weighted by atomic mass is 9.91. The fourth-order valence-electron chi connectivity index (χ4n) is 2.27. The quantitative estimate of drug-likeness (QED) is 0.640. The summed E-state index contributed by atoms with van der Waals surface area (Å²) in [5, 5.41) is 2.49. The first-order valence-electron chi connectivity index (χ1n) is 6.86. The summed E-state index contributed by atoms with van der Waals surface area (Å²) in [5.74, 6) is 0. The second-order valence-electron chi connectivity index (χ2n) is 6.10. The molecule has 0 aliphatic rings. The van der Waals surface area contributed by atoms with Gasteiger partial charge < -0.3 is 0 Å². The minimum Gasteiger partial charge on any atom is -0.241 e. The molecule has 100 valence electrons. The van der Waals surface area contributed by atoms with Crippen LogP contribution in [0.3, 0.4) is 0 Å². The maximum Gasteiger partial charge on any atom is 0.116 e. The average molecular weight is 262 g/mol. The van der Waals surface area contributed by atoms with Crippen molar-refractivity contribution >= 4 is 10.8 Å². The molecule has 0 N–H and O–H groups in total. The smallest absolute Gasteiger partial charge is 0.116 e. The molecular weight excluding hydrogens is 244 g/mol. The minimum atomic E-state index is 0.0362. The molecule has 3 aromatic rings. The minimum absolute atomic E-state index is 0.0362. The molecule has 0 amide bonds.